The summed E-state index contributed by atoms with van der Waals surface area (Å²) in [5.74, 6) is -0.642. The topological polar surface area (TPSA) is 66.3 Å². The maximum Gasteiger partial charge on any atom is 0.309 e. The highest BCUT2D eigenvalue weighted by Crippen LogP contribution is 2.37. The highest BCUT2D eigenvalue weighted by Gasteiger charge is 2.40. The first-order valence-corrected chi connectivity index (χ1v) is 6.70. The average Bonchev–Trinajstić information content (AvgIpc) is 2.83. The maximum atomic E-state index is 11.4. The number of carboxylic acid groups (broad SMARTS) is 1. The quantitative estimate of drug-likeness (QED) is 0.891. The number of anilines is 1. The van der Waals surface area contributed by atoms with Crippen molar-refractivity contribution in [3.05, 3.63) is 6.33 Å². The van der Waals surface area contributed by atoms with Crippen molar-refractivity contribution in [2.75, 3.05) is 18.0 Å². The molecule has 0 spiro atoms. The Kier molecular flexibility index (Phi) is 3.61. The van der Waals surface area contributed by atoms with Crippen molar-refractivity contribution in [3.8, 4) is 0 Å². The molecule has 1 saturated heterocycles. The van der Waals surface area contributed by atoms with Crippen LogP contribution in [0.2, 0.25) is 0 Å². The summed E-state index contributed by atoms with van der Waals surface area (Å²) in [4.78, 5) is 17.7. The number of nitrogens with zero attached hydrogens (tertiary/aromatic N) is 3. The number of carboxylic acids is 1. The number of aliphatic carboxylic acids is 1. The molecule has 2 rings (SSSR count). The lowest BCUT2D eigenvalue weighted by Crippen LogP contribution is -2.44. The third kappa shape index (κ3) is 2.41. The van der Waals surface area contributed by atoms with Crippen molar-refractivity contribution in [3.63, 3.8) is 0 Å². The molecule has 0 aliphatic carbocycles. The zero-order valence-electron chi connectivity index (χ0n) is 9.93. The van der Waals surface area contributed by atoms with Gasteiger partial charge in [-0.1, -0.05) is 13.3 Å². The standard InChI is InChI=1S/C11H17N3O2S/c1-2-3-11(9(15)16)4-6-14(7-5-11)10-12-8-13-17-10/h8H,2-7H2,1H3,(H,15,16). The largest absolute Gasteiger partial charge is 0.481 e. The normalized spacial score (nSPS) is 19.2. The summed E-state index contributed by atoms with van der Waals surface area (Å²) in [5.41, 5.74) is -0.518. The van der Waals surface area contributed by atoms with Gasteiger partial charge >= 0.3 is 5.97 Å². The van der Waals surface area contributed by atoms with E-state index in [1.807, 2.05) is 6.92 Å². The highest BCUT2D eigenvalue weighted by atomic mass is 32.1. The van der Waals surface area contributed by atoms with Gasteiger partial charge in [0.15, 0.2) is 0 Å². The summed E-state index contributed by atoms with van der Waals surface area (Å²) in [7, 11) is 0. The second-order valence-corrected chi connectivity index (χ2v) is 5.30. The molecule has 2 heterocycles. The van der Waals surface area contributed by atoms with Gasteiger partial charge < -0.3 is 10.0 Å². The van der Waals surface area contributed by atoms with Crippen LogP contribution in [-0.4, -0.2) is 33.5 Å². The first-order chi connectivity index (χ1) is 8.18. The van der Waals surface area contributed by atoms with Crippen LogP contribution in [0.3, 0.4) is 0 Å². The molecule has 0 amide bonds. The minimum absolute atomic E-state index is 0.518. The molecule has 1 aliphatic heterocycles. The van der Waals surface area contributed by atoms with Gasteiger partial charge in [-0.15, -0.1) is 0 Å². The van der Waals surface area contributed by atoms with E-state index in [2.05, 4.69) is 14.3 Å². The van der Waals surface area contributed by atoms with Gasteiger partial charge in [0, 0.05) is 24.6 Å². The van der Waals surface area contributed by atoms with Gasteiger partial charge in [-0.2, -0.15) is 4.37 Å². The Hall–Kier alpha value is -1.17. The fourth-order valence-corrected chi connectivity index (χ4v) is 3.06. The number of aromatic nitrogens is 2. The smallest absolute Gasteiger partial charge is 0.309 e. The molecular formula is C11H17N3O2S. The Morgan fingerprint density at radius 2 is 2.29 bits per heavy atom. The summed E-state index contributed by atoms with van der Waals surface area (Å²) in [5, 5.41) is 10.3. The zero-order valence-corrected chi connectivity index (χ0v) is 10.7. The summed E-state index contributed by atoms with van der Waals surface area (Å²) in [6.45, 7) is 3.57. The summed E-state index contributed by atoms with van der Waals surface area (Å²) in [6, 6.07) is 0. The molecule has 1 N–H and O–H groups in total. The number of hydrogen-bond donors (Lipinski definition) is 1. The van der Waals surface area contributed by atoms with E-state index < -0.39 is 11.4 Å². The van der Waals surface area contributed by atoms with Gasteiger partial charge in [0.1, 0.15) is 6.33 Å². The van der Waals surface area contributed by atoms with Crippen molar-refractivity contribution in [2.24, 2.45) is 5.41 Å². The second kappa shape index (κ2) is 5.00. The SMILES string of the molecule is CCCC1(C(=O)O)CCN(c2ncns2)CC1. The fraction of sp³-hybridized carbons (Fsp3) is 0.727. The molecule has 0 radical (unpaired) electrons. The molecule has 94 valence electrons. The molecule has 0 saturated carbocycles. The lowest BCUT2D eigenvalue weighted by molar-refractivity contribution is -0.150. The fourth-order valence-electron chi connectivity index (χ4n) is 2.48. The van der Waals surface area contributed by atoms with Crippen LogP contribution in [0.15, 0.2) is 6.33 Å². The van der Waals surface area contributed by atoms with Crippen LogP contribution in [0, 0.1) is 5.41 Å². The van der Waals surface area contributed by atoms with Crippen molar-refractivity contribution >= 4 is 22.6 Å². The molecule has 5 nitrogen and oxygen atoms in total. The van der Waals surface area contributed by atoms with Gasteiger partial charge in [0.05, 0.1) is 5.41 Å². The molecule has 0 bridgehead atoms. The molecule has 0 aromatic carbocycles. The molecular weight excluding hydrogens is 238 g/mol. The van der Waals surface area contributed by atoms with Gasteiger partial charge in [-0.05, 0) is 19.3 Å². The summed E-state index contributed by atoms with van der Waals surface area (Å²) < 4.78 is 3.98. The molecule has 17 heavy (non-hydrogen) atoms. The summed E-state index contributed by atoms with van der Waals surface area (Å²) in [6.07, 6.45) is 4.65. The first kappa shape index (κ1) is 12.3. The Labute approximate surface area is 105 Å². The van der Waals surface area contributed by atoms with Crippen LogP contribution in [-0.2, 0) is 4.79 Å². The molecule has 1 aromatic heterocycles. The van der Waals surface area contributed by atoms with Crippen molar-refractivity contribution in [2.45, 2.75) is 32.6 Å². The average molecular weight is 255 g/mol. The number of carbonyl (C=O) groups is 1. The number of piperidine rings is 1. The van der Waals surface area contributed by atoms with Gasteiger partial charge in [0.25, 0.3) is 0 Å². The minimum atomic E-state index is -0.642. The maximum absolute atomic E-state index is 11.4. The van der Waals surface area contributed by atoms with Crippen LogP contribution >= 0.6 is 11.5 Å². The Morgan fingerprint density at radius 3 is 2.76 bits per heavy atom. The molecule has 1 aliphatic rings. The van der Waals surface area contributed by atoms with E-state index in [9.17, 15) is 9.90 Å². The van der Waals surface area contributed by atoms with Crippen molar-refractivity contribution in [1.29, 1.82) is 0 Å². The third-order valence-corrected chi connectivity index (χ3v) is 4.25. The van der Waals surface area contributed by atoms with E-state index in [0.29, 0.717) is 12.8 Å². The van der Waals surface area contributed by atoms with Crippen LogP contribution in [0.5, 0.6) is 0 Å². The minimum Gasteiger partial charge on any atom is -0.481 e. The molecule has 6 heteroatoms. The van der Waals surface area contributed by atoms with Crippen LogP contribution in [0.25, 0.3) is 0 Å². The van der Waals surface area contributed by atoms with Crippen molar-refractivity contribution < 1.29 is 9.90 Å². The third-order valence-electron chi connectivity index (χ3n) is 3.52. The predicted octanol–water partition coefficient (Wildman–Crippen LogP) is 2.01. The van der Waals surface area contributed by atoms with Gasteiger partial charge in [-0.3, -0.25) is 4.79 Å². The van der Waals surface area contributed by atoms with E-state index >= 15 is 0 Å². The Balaban J connectivity index is 2.03. The Bertz CT molecular complexity index is 372. The summed E-state index contributed by atoms with van der Waals surface area (Å²) >= 11 is 1.37. The number of hydrogen-bond acceptors (Lipinski definition) is 5. The van der Waals surface area contributed by atoms with E-state index in [-0.39, 0.29) is 0 Å². The monoisotopic (exact) mass is 255 g/mol. The van der Waals surface area contributed by atoms with E-state index in [0.717, 1.165) is 31.1 Å². The van der Waals surface area contributed by atoms with Gasteiger partial charge in [-0.25, -0.2) is 4.98 Å². The van der Waals surface area contributed by atoms with E-state index in [1.54, 1.807) is 6.33 Å². The van der Waals surface area contributed by atoms with Gasteiger partial charge in [0.2, 0.25) is 5.13 Å². The van der Waals surface area contributed by atoms with Crippen LogP contribution in [0.4, 0.5) is 5.13 Å². The van der Waals surface area contributed by atoms with Crippen LogP contribution < -0.4 is 4.90 Å². The predicted molar refractivity (Wildman–Crippen MR) is 66.3 cm³/mol. The molecule has 1 fully saturated rings. The highest BCUT2D eigenvalue weighted by molar-refractivity contribution is 7.09. The van der Waals surface area contributed by atoms with E-state index in [4.69, 9.17) is 0 Å². The molecule has 0 atom stereocenters. The number of rotatable bonds is 4. The molecule has 0 unspecified atom stereocenters. The Morgan fingerprint density at radius 1 is 1.59 bits per heavy atom. The second-order valence-electron chi connectivity index (χ2n) is 4.55. The van der Waals surface area contributed by atoms with Crippen LogP contribution in [0.1, 0.15) is 32.6 Å². The lowest BCUT2D eigenvalue weighted by atomic mass is 9.75. The zero-order chi connectivity index (χ0) is 12.3. The van der Waals surface area contributed by atoms with E-state index in [1.165, 1.54) is 11.5 Å². The molecule has 1 aromatic rings. The first-order valence-electron chi connectivity index (χ1n) is 5.93. The van der Waals surface area contributed by atoms with Crippen molar-refractivity contribution in [1.82, 2.24) is 9.36 Å². The lowest BCUT2D eigenvalue weighted by Gasteiger charge is -2.38.